The third-order valence-corrected chi connectivity index (χ3v) is 6.91. The van der Waals surface area contributed by atoms with E-state index in [0.717, 1.165) is 10.5 Å². The maximum atomic E-state index is 13.3. The van der Waals surface area contributed by atoms with Gasteiger partial charge < -0.3 is 9.47 Å². The van der Waals surface area contributed by atoms with Crippen LogP contribution in [0.4, 0.5) is 16.2 Å². The number of ether oxygens (including phenoxy) is 2. The number of nitro benzene ring substituents is 1. The Morgan fingerprint density at radius 3 is 2.19 bits per heavy atom. The van der Waals surface area contributed by atoms with Crippen LogP contribution in [0.1, 0.15) is 16.7 Å². The number of non-ortho nitro benzene ring substituents is 1. The number of rotatable bonds is 9. The lowest BCUT2D eigenvalue weighted by Crippen LogP contribution is -2.54. The topological polar surface area (TPSA) is 128 Å². The number of barbiturate groups is 1. The van der Waals surface area contributed by atoms with Gasteiger partial charge in [-0.25, -0.2) is 9.69 Å². The van der Waals surface area contributed by atoms with Crippen LogP contribution in [0.25, 0.3) is 6.08 Å². The normalized spacial score (nSPS) is 14.0. The highest BCUT2D eigenvalue weighted by Gasteiger charge is 2.36. The molecule has 1 aliphatic heterocycles. The number of halogens is 2. The molecule has 4 amide bonds. The zero-order valence-corrected chi connectivity index (χ0v) is 23.7. The molecule has 4 aromatic rings. The fraction of sp³-hybridized carbons (Fsp3) is 0.0645. The molecule has 1 saturated heterocycles. The number of hydrogen-bond acceptors (Lipinski definition) is 7. The SMILES string of the molecule is O=C1NC(=O)N(c2ccc(OCc3ccc(Cl)cc3Cl)cc2)C(=O)/C1=C/c1ccc(OCc2cccc([N+](=O)[O-])c2)cc1. The van der Waals surface area contributed by atoms with E-state index in [1.807, 2.05) is 0 Å². The van der Waals surface area contributed by atoms with Gasteiger partial charge >= 0.3 is 6.03 Å². The molecule has 1 fully saturated rings. The first-order valence-electron chi connectivity index (χ1n) is 12.7. The second kappa shape index (κ2) is 12.8. The zero-order chi connectivity index (χ0) is 30.5. The first kappa shape index (κ1) is 29.3. The number of urea groups is 1. The second-order valence-electron chi connectivity index (χ2n) is 9.26. The van der Waals surface area contributed by atoms with Crippen molar-refractivity contribution in [2.24, 2.45) is 0 Å². The van der Waals surface area contributed by atoms with Crippen molar-refractivity contribution in [1.82, 2.24) is 5.32 Å². The molecule has 12 heteroatoms. The van der Waals surface area contributed by atoms with Crippen LogP contribution in [-0.4, -0.2) is 22.8 Å². The molecule has 0 aliphatic carbocycles. The summed E-state index contributed by atoms with van der Waals surface area (Å²) in [5.74, 6) is -0.664. The van der Waals surface area contributed by atoms with Gasteiger partial charge in [0.2, 0.25) is 0 Å². The first-order valence-corrected chi connectivity index (χ1v) is 13.5. The van der Waals surface area contributed by atoms with Crippen LogP contribution in [0, 0.1) is 10.1 Å². The summed E-state index contributed by atoms with van der Waals surface area (Å²) in [5.41, 5.74) is 1.84. The van der Waals surface area contributed by atoms with E-state index in [-0.39, 0.29) is 30.2 Å². The number of nitro groups is 1. The molecule has 10 nitrogen and oxygen atoms in total. The van der Waals surface area contributed by atoms with Crippen molar-refractivity contribution in [3.05, 3.63) is 133 Å². The molecule has 0 bridgehead atoms. The summed E-state index contributed by atoms with van der Waals surface area (Å²) in [5, 5.41) is 14.1. The molecule has 0 atom stereocenters. The molecule has 0 spiro atoms. The molecule has 0 radical (unpaired) electrons. The van der Waals surface area contributed by atoms with E-state index in [0.29, 0.717) is 32.7 Å². The van der Waals surface area contributed by atoms with Crippen molar-refractivity contribution in [3.8, 4) is 11.5 Å². The summed E-state index contributed by atoms with van der Waals surface area (Å²) in [6, 6.07) is 23.1. The van der Waals surface area contributed by atoms with Crippen LogP contribution in [0.15, 0.2) is 96.6 Å². The van der Waals surface area contributed by atoms with Crippen molar-refractivity contribution in [2.75, 3.05) is 4.90 Å². The molecule has 216 valence electrons. The van der Waals surface area contributed by atoms with E-state index in [1.165, 1.54) is 30.3 Å². The van der Waals surface area contributed by atoms with Crippen molar-refractivity contribution >= 4 is 58.5 Å². The van der Waals surface area contributed by atoms with E-state index in [9.17, 15) is 24.5 Å². The average molecular weight is 618 g/mol. The minimum atomic E-state index is -0.876. The molecule has 0 aromatic heterocycles. The van der Waals surface area contributed by atoms with Crippen LogP contribution in [-0.2, 0) is 22.8 Å². The van der Waals surface area contributed by atoms with Crippen molar-refractivity contribution in [2.45, 2.75) is 13.2 Å². The lowest BCUT2D eigenvalue weighted by molar-refractivity contribution is -0.384. The van der Waals surface area contributed by atoms with Gasteiger partial charge in [-0.05, 0) is 65.7 Å². The van der Waals surface area contributed by atoms with Crippen LogP contribution in [0.2, 0.25) is 10.0 Å². The van der Waals surface area contributed by atoms with E-state index in [4.69, 9.17) is 32.7 Å². The predicted molar refractivity (Wildman–Crippen MR) is 160 cm³/mol. The van der Waals surface area contributed by atoms with Crippen molar-refractivity contribution in [1.29, 1.82) is 0 Å². The van der Waals surface area contributed by atoms with Gasteiger partial charge in [0.05, 0.1) is 10.6 Å². The molecule has 0 unspecified atom stereocenters. The van der Waals surface area contributed by atoms with Crippen LogP contribution >= 0.6 is 23.2 Å². The summed E-state index contributed by atoms with van der Waals surface area (Å²) in [6.45, 7) is 0.289. The molecule has 43 heavy (non-hydrogen) atoms. The molecule has 0 saturated carbocycles. The number of hydrogen-bond donors (Lipinski definition) is 1. The van der Waals surface area contributed by atoms with Crippen molar-refractivity contribution in [3.63, 3.8) is 0 Å². The molecular formula is C31H21Cl2N3O7. The maximum Gasteiger partial charge on any atom is 0.335 e. The lowest BCUT2D eigenvalue weighted by atomic mass is 10.1. The van der Waals surface area contributed by atoms with Gasteiger partial charge in [0, 0.05) is 27.7 Å². The Labute approximate surface area is 255 Å². The fourth-order valence-electron chi connectivity index (χ4n) is 4.14. The number of nitrogens with one attached hydrogen (secondary N) is 1. The number of benzene rings is 4. The lowest BCUT2D eigenvalue weighted by Gasteiger charge is -2.26. The largest absolute Gasteiger partial charge is 0.489 e. The van der Waals surface area contributed by atoms with Crippen LogP contribution < -0.4 is 19.7 Å². The molecule has 4 aromatic carbocycles. The Balaban J connectivity index is 1.25. The third kappa shape index (κ3) is 7.00. The highest BCUT2D eigenvalue weighted by Crippen LogP contribution is 2.27. The standard InChI is InChI=1S/C31H21Cl2N3O7/c32-22-7-6-21(28(33)16-22)18-43-26-12-8-23(9-13-26)35-30(38)27(29(37)34-31(35)39)15-19-4-10-25(11-5-19)42-17-20-2-1-3-24(14-20)36(40)41/h1-16H,17-18H2,(H,34,37,39)/b27-15+. The van der Waals surface area contributed by atoms with Crippen LogP contribution in [0.3, 0.4) is 0 Å². The van der Waals surface area contributed by atoms with Gasteiger partial charge in [0.25, 0.3) is 17.5 Å². The highest BCUT2D eigenvalue weighted by molar-refractivity contribution is 6.39. The van der Waals surface area contributed by atoms with Gasteiger partial charge in [-0.3, -0.25) is 25.0 Å². The monoisotopic (exact) mass is 617 g/mol. The summed E-state index contributed by atoms with van der Waals surface area (Å²) in [4.78, 5) is 49.8. The first-order chi connectivity index (χ1) is 20.7. The predicted octanol–water partition coefficient (Wildman–Crippen LogP) is 6.73. The Morgan fingerprint density at radius 1 is 0.837 bits per heavy atom. The number of anilines is 1. The molecule has 1 heterocycles. The number of carbonyl (C=O) groups excluding carboxylic acids is 3. The molecule has 1 aliphatic rings. The maximum absolute atomic E-state index is 13.3. The number of amides is 4. The molecule has 1 N–H and O–H groups in total. The van der Waals surface area contributed by atoms with E-state index in [1.54, 1.807) is 66.7 Å². The van der Waals surface area contributed by atoms with Crippen molar-refractivity contribution < 1.29 is 28.8 Å². The Bertz CT molecular complexity index is 1760. The van der Waals surface area contributed by atoms with Gasteiger partial charge in [-0.2, -0.15) is 0 Å². The van der Waals surface area contributed by atoms with E-state index in [2.05, 4.69) is 5.32 Å². The molecule has 5 rings (SSSR count). The van der Waals surface area contributed by atoms with Gasteiger partial charge in [-0.15, -0.1) is 0 Å². The fourth-order valence-corrected chi connectivity index (χ4v) is 4.60. The van der Waals surface area contributed by atoms with Gasteiger partial charge in [-0.1, -0.05) is 53.5 Å². The Kier molecular flexibility index (Phi) is 8.70. The summed E-state index contributed by atoms with van der Waals surface area (Å²) >= 11 is 12.1. The second-order valence-corrected chi connectivity index (χ2v) is 10.1. The third-order valence-electron chi connectivity index (χ3n) is 6.32. The smallest absolute Gasteiger partial charge is 0.335 e. The molecular weight excluding hydrogens is 597 g/mol. The number of carbonyl (C=O) groups is 3. The van der Waals surface area contributed by atoms with Gasteiger partial charge in [0.15, 0.2) is 0 Å². The Hall–Kier alpha value is -5.19. The highest BCUT2D eigenvalue weighted by atomic mass is 35.5. The minimum absolute atomic E-state index is 0.0326. The number of nitrogens with zero attached hydrogens (tertiary/aromatic N) is 2. The summed E-state index contributed by atoms with van der Waals surface area (Å²) in [7, 11) is 0. The quantitative estimate of drug-likeness (QED) is 0.0954. The zero-order valence-electron chi connectivity index (χ0n) is 22.2. The average Bonchev–Trinajstić information content (AvgIpc) is 2.99. The number of imide groups is 2. The Morgan fingerprint density at radius 2 is 1.51 bits per heavy atom. The summed E-state index contributed by atoms with van der Waals surface area (Å²) in [6.07, 6.45) is 1.37. The van der Waals surface area contributed by atoms with Gasteiger partial charge in [0.1, 0.15) is 30.3 Å². The van der Waals surface area contributed by atoms with E-state index >= 15 is 0 Å². The van der Waals surface area contributed by atoms with E-state index < -0.39 is 22.8 Å². The van der Waals surface area contributed by atoms with Crippen LogP contribution in [0.5, 0.6) is 11.5 Å². The minimum Gasteiger partial charge on any atom is -0.489 e. The summed E-state index contributed by atoms with van der Waals surface area (Å²) < 4.78 is 11.5.